The normalized spacial score (nSPS) is 20.6. The molecule has 0 radical (unpaired) electrons. The Morgan fingerprint density at radius 3 is 2.73 bits per heavy atom. The van der Waals surface area contributed by atoms with Gasteiger partial charge in [0.05, 0.1) is 24.2 Å². The van der Waals surface area contributed by atoms with E-state index in [0.29, 0.717) is 29.6 Å². The summed E-state index contributed by atoms with van der Waals surface area (Å²) < 4.78 is 28.8. The fourth-order valence-corrected chi connectivity index (χ4v) is 4.53. The summed E-state index contributed by atoms with van der Waals surface area (Å²) in [4.78, 5) is 6.26. The van der Waals surface area contributed by atoms with E-state index >= 15 is 0 Å². The van der Waals surface area contributed by atoms with Crippen LogP contribution >= 0.6 is 11.6 Å². The molecule has 1 aliphatic rings. The van der Waals surface area contributed by atoms with Gasteiger partial charge in [-0.3, -0.25) is 4.90 Å². The summed E-state index contributed by atoms with van der Waals surface area (Å²) in [5.74, 6) is 1.74. The van der Waals surface area contributed by atoms with Crippen LogP contribution < -0.4 is 0 Å². The van der Waals surface area contributed by atoms with Crippen molar-refractivity contribution in [1.82, 2.24) is 9.88 Å². The first-order chi connectivity index (χ1) is 10.4. The molecular weight excluding hydrogens is 324 g/mol. The van der Waals surface area contributed by atoms with Crippen LogP contribution in [0, 0.1) is 0 Å². The van der Waals surface area contributed by atoms with Gasteiger partial charge in [-0.05, 0) is 37.7 Å². The molecule has 3 rings (SSSR count). The number of sulfone groups is 1. The second-order valence-electron chi connectivity index (χ2n) is 5.60. The maximum Gasteiger partial charge on any atom is 0.209 e. The highest BCUT2D eigenvalue weighted by Crippen LogP contribution is 2.24. The van der Waals surface area contributed by atoms with Gasteiger partial charge in [-0.1, -0.05) is 11.6 Å². The van der Waals surface area contributed by atoms with E-state index in [0.717, 1.165) is 5.56 Å². The first-order valence-corrected chi connectivity index (χ1v) is 9.24. The predicted molar refractivity (Wildman–Crippen MR) is 85.5 cm³/mol. The third kappa shape index (κ3) is 3.51. The Hall–Kier alpha value is -1.37. The van der Waals surface area contributed by atoms with Crippen LogP contribution in [0.5, 0.6) is 0 Å². The van der Waals surface area contributed by atoms with Gasteiger partial charge >= 0.3 is 0 Å². The van der Waals surface area contributed by atoms with Gasteiger partial charge in [0.25, 0.3) is 0 Å². The van der Waals surface area contributed by atoms with E-state index in [1.54, 1.807) is 18.3 Å². The Bertz CT molecular complexity index is 755. The van der Waals surface area contributed by atoms with E-state index in [9.17, 15) is 8.42 Å². The highest BCUT2D eigenvalue weighted by atomic mass is 35.5. The zero-order valence-electron chi connectivity index (χ0n) is 12.2. The van der Waals surface area contributed by atoms with Crippen LogP contribution in [0.4, 0.5) is 0 Å². The molecule has 1 aromatic carbocycles. The largest absolute Gasteiger partial charge is 0.439 e. The third-order valence-corrected chi connectivity index (χ3v) is 5.90. The fraction of sp³-hybridized carbons (Fsp3) is 0.400. The lowest BCUT2D eigenvalue weighted by Crippen LogP contribution is -2.32. The number of benzene rings is 1. The lowest BCUT2D eigenvalue weighted by atomic mass is 10.2. The van der Waals surface area contributed by atoms with Crippen molar-refractivity contribution in [2.24, 2.45) is 0 Å². The molecule has 118 valence electrons. The van der Waals surface area contributed by atoms with Gasteiger partial charge in [0.15, 0.2) is 15.6 Å². The van der Waals surface area contributed by atoms with Crippen molar-refractivity contribution in [1.29, 1.82) is 0 Å². The molecule has 1 saturated heterocycles. The smallest absolute Gasteiger partial charge is 0.209 e. The van der Waals surface area contributed by atoms with Gasteiger partial charge in [0.2, 0.25) is 5.89 Å². The topological polar surface area (TPSA) is 63.4 Å². The van der Waals surface area contributed by atoms with E-state index in [4.69, 9.17) is 16.0 Å². The minimum atomic E-state index is -2.88. The Morgan fingerprint density at radius 1 is 1.36 bits per heavy atom. The second-order valence-corrected chi connectivity index (χ2v) is 8.26. The van der Waals surface area contributed by atoms with Crippen LogP contribution in [0.2, 0.25) is 5.02 Å². The minimum absolute atomic E-state index is 0.0379. The number of oxazole rings is 1. The molecule has 2 aromatic rings. The quantitative estimate of drug-likeness (QED) is 0.856. The molecule has 22 heavy (non-hydrogen) atoms. The van der Waals surface area contributed by atoms with Crippen molar-refractivity contribution in [3.63, 3.8) is 0 Å². The lowest BCUT2D eigenvalue weighted by Gasteiger charge is -2.20. The zero-order chi connectivity index (χ0) is 15.7. The number of hydrogen-bond acceptors (Lipinski definition) is 5. The predicted octanol–water partition coefficient (Wildman–Crippen LogP) is 2.61. The van der Waals surface area contributed by atoms with E-state index in [2.05, 4.69) is 4.98 Å². The monoisotopic (exact) mass is 340 g/mol. The molecule has 1 fully saturated rings. The molecule has 0 saturated carbocycles. The summed E-state index contributed by atoms with van der Waals surface area (Å²) in [5.41, 5.74) is 0.911. The maximum absolute atomic E-state index is 11.5. The second kappa shape index (κ2) is 6.02. The van der Waals surface area contributed by atoms with Crippen LogP contribution in [0.3, 0.4) is 0 Å². The van der Waals surface area contributed by atoms with Crippen LogP contribution in [0.1, 0.15) is 12.3 Å². The molecule has 0 N–H and O–H groups in total. The van der Waals surface area contributed by atoms with E-state index in [-0.39, 0.29) is 17.5 Å². The minimum Gasteiger partial charge on any atom is -0.439 e. The molecule has 1 aliphatic heterocycles. The van der Waals surface area contributed by atoms with Crippen molar-refractivity contribution in [3.05, 3.63) is 41.4 Å². The van der Waals surface area contributed by atoms with E-state index in [1.807, 2.05) is 24.1 Å². The molecular formula is C15H17ClN2O3S. The number of halogens is 1. The fourth-order valence-electron chi connectivity index (χ4n) is 2.60. The number of hydrogen-bond donors (Lipinski definition) is 0. The average molecular weight is 341 g/mol. The summed E-state index contributed by atoms with van der Waals surface area (Å²) in [6, 6.07) is 7.39. The standard InChI is InChI=1S/C15H17ClN2O3S/c1-18(13-6-7-22(19,20)10-13)9-15-17-8-14(21-15)11-2-4-12(16)5-3-11/h2-5,8,13H,6-7,9-10H2,1H3/t13-/m1/s1. The highest BCUT2D eigenvalue weighted by Gasteiger charge is 2.31. The molecule has 1 aromatic heterocycles. The lowest BCUT2D eigenvalue weighted by molar-refractivity contribution is 0.230. The van der Waals surface area contributed by atoms with E-state index in [1.165, 1.54) is 0 Å². The van der Waals surface area contributed by atoms with Gasteiger partial charge in [-0.2, -0.15) is 0 Å². The zero-order valence-corrected chi connectivity index (χ0v) is 13.8. The van der Waals surface area contributed by atoms with Gasteiger partial charge in [-0.25, -0.2) is 13.4 Å². The molecule has 0 aliphatic carbocycles. The van der Waals surface area contributed by atoms with Crippen molar-refractivity contribution >= 4 is 21.4 Å². The average Bonchev–Trinajstić information content (AvgIpc) is 3.06. The molecule has 0 spiro atoms. The highest BCUT2D eigenvalue weighted by molar-refractivity contribution is 7.91. The molecule has 0 amide bonds. The van der Waals surface area contributed by atoms with Gasteiger partial charge in [-0.15, -0.1) is 0 Å². The summed E-state index contributed by atoms with van der Waals surface area (Å²) >= 11 is 5.87. The Balaban J connectivity index is 1.68. The molecule has 7 heteroatoms. The number of aromatic nitrogens is 1. The van der Waals surface area contributed by atoms with Crippen molar-refractivity contribution in [2.45, 2.75) is 19.0 Å². The maximum atomic E-state index is 11.5. The number of rotatable bonds is 4. The summed E-state index contributed by atoms with van der Waals surface area (Å²) in [6.07, 6.45) is 2.35. The van der Waals surface area contributed by atoms with Crippen molar-refractivity contribution in [2.75, 3.05) is 18.6 Å². The van der Waals surface area contributed by atoms with Crippen LogP contribution in [-0.2, 0) is 16.4 Å². The van der Waals surface area contributed by atoms with Gasteiger partial charge < -0.3 is 4.42 Å². The molecule has 0 unspecified atom stereocenters. The molecule has 2 heterocycles. The third-order valence-electron chi connectivity index (χ3n) is 3.90. The van der Waals surface area contributed by atoms with Crippen molar-refractivity contribution < 1.29 is 12.8 Å². The van der Waals surface area contributed by atoms with Crippen LogP contribution in [-0.4, -0.2) is 42.9 Å². The van der Waals surface area contributed by atoms with E-state index < -0.39 is 9.84 Å². The first kappa shape index (κ1) is 15.5. The number of nitrogens with zero attached hydrogens (tertiary/aromatic N) is 2. The van der Waals surface area contributed by atoms with Gasteiger partial charge in [0, 0.05) is 16.6 Å². The summed E-state index contributed by atoms with van der Waals surface area (Å²) in [7, 11) is -0.979. The van der Waals surface area contributed by atoms with Crippen molar-refractivity contribution in [3.8, 4) is 11.3 Å². The molecule has 0 bridgehead atoms. The Morgan fingerprint density at radius 2 is 2.09 bits per heavy atom. The first-order valence-electron chi connectivity index (χ1n) is 7.04. The molecule has 1 atom stereocenters. The summed E-state index contributed by atoms with van der Waals surface area (Å²) in [5, 5.41) is 0.672. The summed E-state index contributed by atoms with van der Waals surface area (Å²) in [6.45, 7) is 0.494. The van der Waals surface area contributed by atoms with Crippen LogP contribution in [0.25, 0.3) is 11.3 Å². The Labute approximate surface area is 134 Å². The Kier molecular flexibility index (Phi) is 4.25. The van der Waals surface area contributed by atoms with Crippen LogP contribution in [0.15, 0.2) is 34.9 Å². The van der Waals surface area contributed by atoms with Gasteiger partial charge in [0.1, 0.15) is 0 Å². The SMILES string of the molecule is CN(Cc1ncc(-c2ccc(Cl)cc2)o1)[C@@H]1CCS(=O)(=O)C1. The molecule has 5 nitrogen and oxygen atoms in total.